The van der Waals surface area contributed by atoms with Crippen molar-refractivity contribution in [3.8, 4) is 11.5 Å². The maximum absolute atomic E-state index is 12.3. The van der Waals surface area contributed by atoms with Gasteiger partial charge in [-0.15, -0.1) is 0 Å². The van der Waals surface area contributed by atoms with Crippen LogP contribution in [0, 0.1) is 17.8 Å². The molecule has 1 aromatic rings. The van der Waals surface area contributed by atoms with Crippen molar-refractivity contribution in [2.24, 2.45) is 23.5 Å². The smallest absolute Gasteiger partial charge is 0.480 e. The van der Waals surface area contributed by atoms with Crippen LogP contribution in [0.3, 0.4) is 0 Å². The van der Waals surface area contributed by atoms with E-state index >= 15 is 0 Å². The zero-order valence-electron chi connectivity index (χ0n) is 21.6. The molecule has 0 amide bonds. The van der Waals surface area contributed by atoms with Crippen molar-refractivity contribution in [3.63, 3.8) is 0 Å². The van der Waals surface area contributed by atoms with Crippen LogP contribution < -0.4 is 15.2 Å². The SMILES string of the molecule is CC(C)OC(=O)OC(C)C(C)C(c1ccc(OC(=O)C(C)C)c(OC(=O)C(C)C)c1)[C@H](N)C(=O)O. The lowest BCUT2D eigenvalue weighted by atomic mass is 9.79. The molecule has 1 aromatic carbocycles. The first kappa shape index (κ1) is 29.9. The van der Waals surface area contributed by atoms with Gasteiger partial charge in [-0.1, -0.05) is 40.7 Å². The molecule has 0 aromatic heterocycles. The lowest BCUT2D eigenvalue weighted by molar-refractivity contribution is -0.140. The maximum atomic E-state index is 12.3. The second-order valence-corrected chi connectivity index (χ2v) is 9.35. The summed E-state index contributed by atoms with van der Waals surface area (Å²) in [6.07, 6.45) is -2.04. The number of benzene rings is 1. The van der Waals surface area contributed by atoms with Crippen molar-refractivity contribution in [3.05, 3.63) is 23.8 Å². The molecule has 10 nitrogen and oxygen atoms in total. The number of carbonyl (C=O) groups excluding carboxylic acids is 3. The number of nitrogens with two attached hydrogens (primary N) is 1. The van der Waals surface area contributed by atoms with E-state index in [-0.39, 0.29) is 17.6 Å². The number of carboxylic acids is 1. The summed E-state index contributed by atoms with van der Waals surface area (Å²) in [5.74, 6) is -4.74. The minimum Gasteiger partial charge on any atom is -0.480 e. The van der Waals surface area contributed by atoms with E-state index in [4.69, 9.17) is 24.7 Å². The first-order valence-electron chi connectivity index (χ1n) is 11.6. The molecule has 0 heterocycles. The number of hydrogen-bond acceptors (Lipinski definition) is 9. The highest BCUT2D eigenvalue weighted by molar-refractivity contribution is 5.78. The summed E-state index contributed by atoms with van der Waals surface area (Å²) < 4.78 is 21.2. The molecule has 0 aliphatic carbocycles. The van der Waals surface area contributed by atoms with Crippen molar-refractivity contribution < 1.29 is 43.2 Å². The third-order valence-corrected chi connectivity index (χ3v) is 5.31. The number of carboxylic acid groups (broad SMARTS) is 1. The highest BCUT2D eigenvalue weighted by atomic mass is 16.7. The minimum atomic E-state index is -1.38. The molecule has 0 radical (unpaired) electrons. The fourth-order valence-electron chi connectivity index (χ4n) is 3.11. The van der Waals surface area contributed by atoms with Crippen LogP contribution in [0.1, 0.15) is 66.9 Å². The molecule has 0 fully saturated rings. The lowest BCUT2D eigenvalue weighted by Gasteiger charge is -2.31. The van der Waals surface area contributed by atoms with Gasteiger partial charge in [0.25, 0.3) is 0 Å². The van der Waals surface area contributed by atoms with Gasteiger partial charge in [0.2, 0.25) is 0 Å². The molecule has 0 aliphatic heterocycles. The molecule has 1 rings (SSSR count). The summed E-state index contributed by atoms with van der Waals surface area (Å²) >= 11 is 0. The molecule has 0 saturated heterocycles. The van der Waals surface area contributed by atoms with Crippen molar-refractivity contribution >= 4 is 24.1 Å². The molecule has 0 saturated carbocycles. The van der Waals surface area contributed by atoms with Crippen LogP contribution in [0.25, 0.3) is 0 Å². The molecule has 0 aliphatic rings. The van der Waals surface area contributed by atoms with Gasteiger partial charge < -0.3 is 29.8 Å². The van der Waals surface area contributed by atoms with Crippen molar-refractivity contribution in [1.82, 2.24) is 0 Å². The Kier molecular flexibility index (Phi) is 11.2. The third kappa shape index (κ3) is 8.86. The molecule has 196 valence electrons. The van der Waals surface area contributed by atoms with Gasteiger partial charge in [0.15, 0.2) is 11.5 Å². The normalized spacial score (nSPS) is 14.7. The van der Waals surface area contributed by atoms with Crippen LogP contribution in [-0.2, 0) is 23.9 Å². The highest BCUT2D eigenvalue weighted by Gasteiger charge is 2.36. The summed E-state index contributed by atoms with van der Waals surface area (Å²) in [6, 6.07) is 3.01. The first-order chi connectivity index (χ1) is 16.1. The van der Waals surface area contributed by atoms with Crippen LogP contribution in [0.15, 0.2) is 18.2 Å². The van der Waals surface area contributed by atoms with E-state index in [1.54, 1.807) is 61.5 Å². The van der Waals surface area contributed by atoms with Crippen LogP contribution in [0.4, 0.5) is 4.79 Å². The van der Waals surface area contributed by atoms with Gasteiger partial charge in [0, 0.05) is 11.8 Å². The molecule has 0 bridgehead atoms. The monoisotopic (exact) mass is 495 g/mol. The quantitative estimate of drug-likeness (QED) is 0.341. The van der Waals surface area contributed by atoms with Gasteiger partial charge in [-0.05, 0) is 38.5 Å². The van der Waals surface area contributed by atoms with Crippen LogP contribution in [0.5, 0.6) is 11.5 Å². The fraction of sp³-hybridized carbons (Fsp3) is 0.600. The molecule has 0 spiro atoms. The summed E-state index contributed by atoms with van der Waals surface area (Å²) in [5, 5.41) is 9.66. The number of ether oxygens (including phenoxy) is 4. The van der Waals surface area contributed by atoms with Gasteiger partial charge in [0.1, 0.15) is 12.1 Å². The zero-order chi connectivity index (χ0) is 27.0. The Morgan fingerprint density at radius 3 is 1.77 bits per heavy atom. The Hall–Kier alpha value is -3.14. The Bertz CT molecular complexity index is 910. The maximum Gasteiger partial charge on any atom is 0.508 e. The molecule has 10 heteroatoms. The van der Waals surface area contributed by atoms with E-state index in [1.165, 1.54) is 12.1 Å². The number of carbonyl (C=O) groups is 4. The van der Waals surface area contributed by atoms with Gasteiger partial charge in [-0.2, -0.15) is 0 Å². The third-order valence-electron chi connectivity index (χ3n) is 5.31. The number of rotatable bonds is 11. The summed E-state index contributed by atoms with van der Waals surface area (Å²) in [4.78, 5) is 48.3. The van der Waals surface area contributed by atoms with Crippen molar-refractivity contribution in [2.75, 3.05) is 0 Å². The first-order valence-corrected chi connectivity index (χ1v) is 11.6. The number of esters is 2. The predicted molar refractivity (Wildman–Crippen MR) is 127 cm³/mol. The molecular weight excluding hydrogens is 458 g/mol. The average molecular weight is 496 g/mol. The van der Waals surface area contributed by atoms with E-state index < -0.39 is 59.9 Å². The fourth-order valence-corrected chi connectivity index (χ4v) is 3.11. The second kappa shape index (κ2) is 13.1. The Labute approximate surface area is 206 Å². The van der Waals surface area contributed by atoms with Gasteiger partial charge in [-0.3, -0.25) is 14.4 Å². The molecule has 35 heavy (non-hydrogen) atoms. The molecule has 4 atom stereocenters. The molecular formula is C25H37NO9. The van der Waals surface area contributed by atoms with Gasteiger partial charge in [0.05, 0.1) is 17.9 Å². The Balaban J connectivity index is 3.45. The second-order valence-electron chi connectivity index (χ2n) is 9.35. The van der Waals surface area contributed by atoms with Gasteiger partial charge in [-0.25, -0.2) is 4.79 Å². The van der Waals surface area contributed by atoms with Crippen molar-refractivity contribution in [2.45, 2.75) is 79.6 Å². The van der Waals surface area contributed by atoms with E-state index in [9.17, 15) is 24.3 Å². The van der Waals surface area contributed by atoms with E-state index in [1.807, 2.05) is 0 Å². The Morgan fingerprint density at radius 1 is 0.800 bits per heavy atom. The number of aliphatic carboxylic acids is 1. The largest absolute Gasteiger partial charge is 0.508 e. The lowest BCUT2D eigenvalue weighted by Crippen LogP contribution is -2.42. The van der Waals surface area contributed by atoms with Crippen LogP contribution >= 0.6 is 0 Å². The standard InChI is InChI=1S/C25H37NO9/c1-12(2)23(29)34-18-10-9-17(11-19(18)35-24(30)13(3)4)20(21(26)22(27)28)15(7)16(8)33-25(31)32-14(5)6/h9-16,20-21H,26H2,1-8H3,(H,27,28)/t15?,16?,20?,21-/m0/s1. The minimum absolute atomic E-state index is 0.0153. The van der Waals surface area contributed by atoms with E-state index in [2.05, 4.69) is 0 Å². The summed E-state index contributed by atoms with van der Waals surface area (Å²) in [7, 11) is 0. The molecule has 3 unspecified atom stereocenters. The average Bonchev–Trinajstić information content (AvgIpc) is 2.74. The van der Waals surface area contributed by atoms with E-state index in [0.717, 1.165) is 0 Å². The van der Waals surface area contributed by atoms with Crippen LogP contribution in [-0.4, -0.2) is 47.4 Å². The van der Waals surface area contributed by atoms with Gasteiger partial charge >= 0.3 is 24.1 Å². The topological polar surface area (TPSA) is 151 Å². The zero-order valence-corrected chi connectivity index (χ0v) is 21.6. The number of hydrogen-bond donors (Lipinski definition) is 2. The summed E-state index contributed by atoms with van der Waals surface area (Å²) in [5.41, 5.74) is 6.44. The molecule has 3 N–H and O–H groups in total. The van der Waals surface area contributed by atoms with Crippen molar-refractivity contribution in [1.29, 1.82) is 0 Å². The highest BCUT2D eigenvalue weighted by Crippen LogP contribution is 2.37. The summed E-state index contributed by atoms with van der Waals surface area (Å²) in [6.45, 7) is 13.2. The predicted octanol–water partition coefficient (Wildman–Crippen LogP) is 3.89. The Morgan fingerprint density at radius 2 is 1.31 bits per heavy atom. The van der Waals surface area contributed by atoms with Crippen LogP contribution in [0.2, 0.25) is 0 Å². The van der Waals surface area contributed by atoms with E-state index in [0.29, 0.717) is 5.56 Å².